The molecule has 0 unspecified atom stereocenters. The molecule has 1 amide bonds. The molecule has 0 aliphatic carbocycles. The molecule has 4 aromatic rings. The maximum Gasteiger partial charge on any atom is 0.335 e. The van der Waals surface area contributed by atoms with Gasteiger partial charge in [0.2, 0.25) is 5.88 Å². The first-order valence-electron chi connectivity index (χ1n) is 10.8. The number of carboxylic acid groups (broad SMARTS) is 1. The van der Waals surface area contributed by atoms with Crippen LogP contribution < -0.4 is 10.1 Å². The minimum Gasteiger partial charge on any atom is -0.478 e. The smallest absolute Gasteiger partial charge is 0.335 e. The number of carbonyl (C=O) groups excluding carboxylic acids is 1. The van der Waals surface area contributed by atoms with Gasteiger partial charge in [-0.15, -0.1) is 0 Å². The van der Waals surface area contributed by atoms with Gasteiger partial charge in [-0.2, -0.15) is 0 Å². The van der Waals surface area contributed by atoms with Gasteiger partial charge in [0, 0.05) is 30.4 Å². The zero-order valence-electron chi connectivity index (χ0n) is 18.5. The quantitative estimate of drug-likeness (QED) is 0.413. The summed E-state index contributed by atoms with van der Waals surface area (Å²) in [5.74, 6) is -0.586. The first-order chi connectivity index (χ1) is 16.0. The lowest BCUT2D eigenvalue weighted by molar-refractivity contribution is 0.0696. The third-order valence-corrected chi connectivity index (χ3v) is 5.48. The van der Waals surface area contributed by atoms with Gasteiger partial charge in [-0.1, -0.05) is 30.3 Å². The lowest BCUT2D eigenvalue weighted by atomic mass is 10.0. The second-order valence-corrected chi connectivity index (χ2v) is 7.75. The van der Waals surface area contributed by atoms with Gasteiger partial charge in [0.05, 0.1) is 29.3 Å². The van der Waals surface area contributed by atoms with Crippen molar-refractivity contribution in [2.75, 3.05) is 6.61 Å². The number of hydrogen-bond acceptors (Lipinski definition) is 4. The van der Waals surface area contributed by atoms with Crippen molar-refractivity contribution in [2.24, 2.45) is 0 Å². The maximum absolute atomic E-state index is 13.2. The second kappa shape index (κ2) is 9.56. The number of nitrogens with zero attached hydrogens (tertiary/aromatic N) is 2. The number of rotatable bonds is 8. The summed E-state index contributed by atoms with van der Waals surface area (Å²) >= 11 is 0. The number of ether oxygens (including phenoxy) is 1. The van der Waals surface area contributed by atoms with E-state index in [4.69, 9.17) is 9.84 Å². The van der Waals surface area contributed by atoms with Gasteiger partial charge in [-0.25, -0.2) is 9.78 Å². The summed E-state index contributed by atoms with van der Waals surface area (Å²) in [6, 6.07) is 17.7. The number of aromatic nitrogens is 2. The fourth-order valence-electron chi connectivity index (χ4n) is 3.78. The number of carbonyl (C=O) groups is 2. The molecular formula is C26H25N3O4. The van der Waals surface area contributed by atoms with Crippen molar-refractivity contribution in [2.45, 2.75) is 26.4 Å². The van der Waals surface area contributed by atoms with Crippen LogP contribution in [-0.4, -0.2) is 33.1 Å². The molecule has 33 heavy (non-hydrogen) atoms. The Balaban J connectivity index is 1.56. The second-order valence-electron chi connectivity index (χ2n) is 7.75. The molecule has 2 aromatic carbocycles. The molecule has 1 atom stereocenters. The summed E-state index contributed by atoms with van der Waals surface area (Å²) in [7, 11) is 0. The Hall–Kier alpha value is -4.13. The summed E-state index contributed by atoms with van der Waals surface area (Å²) in [6.07, 6.45) is 3.74. The van der Waals surface area contributed by atoms with Crippen molar-refractivity contribution in [1.29, 1.82) is 0 Å². The molecule has 0 bridgehead atoms. The Bertz CT molecular complexity index is 1280. The van der Waals surface area contributed by atoms with Gasteiger partial charge in [0.15, 0.2) is 0 Å². The number of benzene rings is 2. The minimum atomic E-state index is -0.978. The summed E-state index contributed by atoms with van der Waals surface area (Å²) in [5.41, 5.74) is 3.46. The van der Waals surface area contributed by atoms with Gasteiger partial charge in [0.25, 0.3) is 5.91 Å². The molecule has 0 aliphatic rings. The average Bonchev–Trinajstić information content (AvgIpc) is 3.23. The molecule has 0 saturated heterocycles. The standard InChI is InChI=1S/C26H25N3O4/c1-3-33-23-12-7-18(15-27-23)16-29-14-13-20-5-4-6-22(24(20)29)25(30)28-17(2)19-8-10-21(11-9-19)26(31)32/h4-15,17H,3,16H2,1-2H3,(H,28,30)(H,31,32)/t17-/m0/s1. The van der Waals surface area contributed by atoms with Crippen LogP contribution in [0.3, 0.4) is 0 Å². The number of pyridine rings is 1. The Morgan fingerprint density at radius 3 is 2.55 bits per heavy atom. The van der Waals surface area contributed by atoms with Crippen LogP contribution in [0.15, 0.2) is 73.1 Å². The monoisotopic (exact) mass is 443 g/mol. The first kappa shape index (κ1) is 22.1. The van der Waals surface area contributed by atoms with Crippen molar-refractivity contribution in [3.8, 4) is 5.88 Å². The highest BCUT2D eigenvalue weighted by molar-refractivity contribution is 6.06. The molecule has 0 spiro atoms. The summed E-state index contributed by atoms with van der Waals surface area (Å²) in [4.78, 5) is 28.6. The summed E-state index contributed by atoms with van der Waals surface area (Å²) in [6.45, 7) is 4.92. The van der Waals surface area contributed by atoms with E-state index < -0.39 is 5.97 Å². The van der Waals surface area contributed by atoms with Crippen LogP contribution in [0.5, 0.6) is 5.88 Å². The van der Waals surface area contributed by atoms with E-state index in [0.717, 1.165) is 22.0 Å². The Kier molecular flexibility index (Phi) is 6.40. The van der Waals surface area contributed by atoms with E-state index in [0.29, 0.717) is 24.6 Å². The topological polar surface area (TPSA) is 93.5 Å². The van der Waals surface area contributed by atoms with Gasteiger partial charge < -0.3 is 19.7 Å². The average molecular weight is 444 g/mol. The van der Waals surface area contributed by atoms with E-state index in [9.17, 15) is 9.59 Å². The van der Waals surface area contributed by atoms with Crippen LogP contribution in [-0.2, 0) is 6.54 Å². The van der Waals surface area contributed by atoms with Crippen molar-refractivity contribution >= 4 is 22.8 Å². The highest BCUT2D eigenvalue weighted by Crippen LogP contribution is 2.23. The van der Waals surface area contributed by atoms with Gasteiger partial charge in [-0.3, -0.25) is 4.79 Å². The fraction of sp³-hybridized carbons (Fsp3) is 0.192. The van der Waals surface area contributed by atoms with Crippen LogP contribution >= 0.6 is 0 Å². The molecule has 7 nitrogen and oxygen atoms in total. The molecular weight excluding hydrogens is 418 g/mol. The molecule has 2 heterocycles. The van der Waals surface area contributed by atoms with Crippen molar-refractivity contribution in [3.05, 3.63) is 95.3 Å². The fourth-order valence-corrected chi connectivity index (χ4v) is 3.78. The predicted octanol–water partition coefficient (Wildman–Crippen LogP) is 4.67. The highest BCUT2D eigenvalue weighted by atomic mass is 16.5. The zero-order chi connectivity index (χ0) is 23.4. The number of hydrogen-bond donors (Lipinski definition) is 2. The van der Waals surface area contributed by atoms with E-state index in [2.05, 4.69) is 10.3 Å². The van der Waals surface area contributed by atoms with Crippen LogP contribution in [0.25, 0.3) is 10.9 Å². The predicted molar refractivity (Wildman–Crippen MR) is 126 cm³/mol. The molecule has 2 N–H and O–H groups in total. The molecule has 0 radical (unpaired) electrons. The molecule has 0 saturated carbocycles. The third kappa shape index (κ3) is 4.87. The molecule has 2 aromatic heterocycles. The van der Waals surface area contributed by atoms with Gasteiger partial charge in [-0.05, 0) is 49.2 Å². The van der Waals surface area contributed by atoms with Crippen LogP contribution in [0.2, 0.25) is 0 Å². The van der Waals surface area contributed by atoms with Crippen molar-refractivity contribution in [1.82, 2.24) is 14.9 Å². The normalized spacial score (nSPS) is 11.8. The molecule has 0 fully saturated rings. The minimum absolute atomic E-state index is 0.194. The lowest BCUT2D eigenvalue weighted by Gasteiger charge is -2.16. The molecule has 168 valence electrons. The zero-order valence-corrected chi connectivity index (χ0v) is 18.5. The lowest BCUT2D eigenvalue weighted by Crippen LogP contribution is -2.27. The van der Waals surface area contributed by atoms with E-state index in [1.165, 1.54) is 12.1 Å². The van der Waals surface area contributed by atoms with Crippen LogP contribution in [0.1, 0.15) is 51.7 Å². The summed E-state index contributed by atoms with van der Waals surface area (Å²) in [5, 5.41) is 13.1. The van der Waals surface area contributed by atoms with Crippen LogP contribution in [0, 0.1) is 0 Å². The molecule has 0 aliphatic heterocycles. The SMILES string of the molecule is CCOc1ccc(Cn2ccc3cccc(C(=O)N[C@@H](C)c4ccc(C(=O)O)cc4)c32)cn1. The largest absolute Gasteiger partial charge is 0.478 e. The van der Waals surface area contributed by atoms with Crippen LogP contribution in [0.4, 0.5) is 0 Å². The van der Waals surface area contributed by atoms with E-state index in [1.54, 1.807) is 18.3 Å². The van der Waals surface area contributed by atoms with E-state index >= 15 is 0 Å². The number of nitrogens with one attached hydrogen (secondary N) is 1. The highest BCUT2D eigenvalue weighted by Gasteiger charge is 2.17. The number of para-hydroxylation sites is 1. The number of fused-ring (bicyclic) bond motifs is 1. The number of aromatic carboxylic acids is 1. The summed E-state index contributed by atoms with van der Waals surface area (Å²) < 4.78 is 7.44. The third-order valence-electron chi connectivity index (χ3n) is 5.48. The first-order valence-corrected chi connectivity index (χ1v) is 10.8. The van der Waals surface area contributed by atoms with E-state index in [-0.39, 0.29) is 17.5 Å². The number of amides is 1. The Morgan fingerprint density at radius 1 is 1.09 bits per heavy atom. The Morgan fingerprint density at radius 2 is 1.88 bits per heavy atom. The van der Waals surface area contributed by atoms with Crippen molar-refractivity contribution in [3.63, 3.8) is 0 Å². The Labute approximate surface area is 191 Å². The number of carboxylic acids is 1. The molecule has 4 rings (SSSR count). The maximum atomic E-state index is 13.2. The van der Waals surface area contributed by atoms with Crippen molar-refractivity contribution < 1.29 is 19.4 Å². The van der Waals surface area contributed by atoms with Gasteiger partial charge >= 0.3 is 5.97 Å². The molecule has 7 heteroatoms. The van der Waals surface area contributed by atoms with E-state index in [1.807, 2.05) is 61.0 Å². The van der Waals surface area contributed by atoms with Gasteiger partial charge in [0.1, 0.15) is 0 Å².